The lowest BCUT2D eigenvalue weighted by molar-refractivity contribution is 0.868. The van der Waals surface area contributed by atoms with Crippen LogP contribution in [0.2, 0.25) is 0 Å². The van der Waals surface area contributed by atoms with Crippen molar-refractivity contribution in [3.63, 3.8) is 0 Å². The second-order valence-corrected chi connectivity index (χ2v) is 4.33. The third kappa shape index (κ3) is 1.33. The van der Waals surface area contributed by atoms with Crippen LogP contribution in [0.25, 0.3) is 10.9 Å². The van der Waals surface area contributed by atoms with Gasteiger partial charge in [-0.1, -0.05) is 26.0 Å². The molecule has 0 spiro atoms. The number of hydrogen-bond acceptors (Lipinski definition) is 0. The van der Waals surface area contributed by atoms with Crippen molar-refractivity contribution >= 4 is 10.9 Å². The largest absolute Gasteiger partial charge is 0.358 e. The van der Waals surface area contributed by atoms with E-state index in [1.54, 1.807) is 0 Å². The average Bonchev–Trinajstić information content (AvgIpc) is 2.42. The number of aromatic amines is 1. The van der Waals surface area contributed by atoms with Gasteiger partial charge in [0, 0.05) is 16.6 Å². The highest BCUT2D eigenvalue weighted by Crippen LogP contribution is 2.24. The van der Waals surface area contributed by atoms with Crippen LogP contribution >= 0.6 is 0 Å². The molecule has 0 aliphatic carbocycles. The summed E-state index contributed by atoms with van der Waals surface area (Å²) in [5.74, 6) is 0.600. The summed E-state index contributed by atoms with van der Waals surface area (Å²) in [4.78, 5) is 3.42. The molecule has 0 aliphatic heterocycles. The van der Waals surface area contributed by atoms with E-state index in [1.165, 1.54) is 27.7 Å². The molecule has 0 fully saturated rings. The molecule has 0 unspecified atom stereocenters. The van der Waals surface area contributed by atoms with E-state index >= 15 is 0 Å². The zero-order chi connectivity index (χ0) is 10.3. The maximum absolute atomic E-state index is 3.42. The number of hydrogen-bond donors (Lipinski definition) is 1. The Labute approximate surface area is 85.1 Å². The highest BCUT2D eigenvalue weighted by atomic mass is 14.7. The zero-order valence-corrected chi connectivity index (χ0v) is 9.31. The Bertz CT molecular complexity index is 463. The van der Waals surface area contributed by atoms with E-state index in [0.717, 1.165) is 0 Å². The molecule has 0 atom stereocenters. The minimum Gasteiger partial charge on any atom is -0.358 e. The van der Waals surface area contributed by atoms with Crippen LogP contribution in [-0.2, 0) is 0 Å². The van der Waals surface area contributed by atoms with Crippen LogP contribution in [0, 0.1) is 13.8 Å². The van der Waals surface area contributed by atoms with Crippen molar-refractivity contribution in [3.8, 4) is 0 Å². The van der Waals surface area contributed by atoms with E-state index in [9.17, 15) is 0 Å². The third-order valence-electron chi connectivity index (χ3n) is 3.00. The number of fused-ring (bicyclic) bond motifs is 1. The molecule has 14 heavy (non-hydrogen) atoms. The van der Waals surface area contributed by atoms with Crippen molar-refractivity contribution in [2.45, 2.75) is 33.6 Å². The molecule has 2 aromatic rings. The number of rotatable bonds is 1. The molecule has 74 valence electrons. The second kappa shape index (κ2) is 3.16. The molecule has 0 bridgehead atoms. The smallest absolute Gasteiger partial charge is 0.0461 e. The lowest BCUT2D eigenvalue weighted by Gasteiger charge is -2.04. The normalized spacial score (nSPS) is 11.5. The van der Waals surface area contributed by atoms with Crippen molar-refractivity contribution in [2.75, 3.05) is 0 Å². The van der Waals surface area contributed by atoms with Crippen LogP contribution < -0.4 is 0 Å². The van der Waals surface area contributed by atoms with Crippen LogP contribution in [0.3, 0.4) is 0 Å². The van der Waals surface area contributed by atoms with E-state index in [4.69, 9.17) is 0 Å². The summed E-state index contributed by atoms with van der Waals surface area (Å²) in [6, 6.07) is 6.72. The molecule has 0 radical (unpaired) electrons. The van der Waals surface area contributed by atoms with E-state index in [2.05, 4.69) is 50.9 Å². The van der Waals surface area contributed by atoms with Crippen LogP contribution in [0.1, 0.15) is 36.6 Å². The van der Waals surface area contributed by atoms with Gasteiger partial charge in [-0.2, -0.15) is 0 Å². The van der Waals surface area contributed by atoms with Crippen molar-refractivity contribution in [1.29, 1.82) is 0 Å². The van der Waals surface area contributed by atoms with Gasteiger partial charge in [0.1, 0.15) is 0 Å². The Morgan fingerprint density at radius 3 is 2.50 bits per heavy atom. The summed E-state index contributed by atoms with van der Waals surface area (Å²) in [5, 5.41) is 1.35. The van der Waals surface area contributed by atoms with Gasteiger partial charge in [-0.3, -0.25) is 0 Å². The minimum atomic E-state index is 0.600. The number of aromatic nitrogens is 1. The van der Waals surface area contributed by atoms with Crippen molar-refractivity contribution in [2.24, 2.45) is 0 Å². The summed E-state index contributed by atoms with van der Waals surface area (Å²) >= 11 is 0. The first-order chi connectivity index (χ1) is 6.59. The molecule has 0 saturated carbocycles. The Morgan fingerprint density at radius 2 is 1.86 bits per heavy atom. The van der Waals surface area contributed by atoms with Crippen LogP contribution in [0.4, 0.5) is 0 Å². The average molecular weight is 187 g/mol. The van der Waals surface area contributed by atoms with Crippen LogP contribution in [-0.4, -0.2) is 4.98 Å². The number of aryl methyl sites for hydroxylation is 2. The van der Waals surface area contributed by atoms with E-state index in [1.807, 2.05) is 0 Å². The minimum absolute atomic E-state index is 0.600. The lowest BCUT2D eigenvalue weighted by atomic mass is 10.0. The Hall–Kier alpha value is -1.24. The molecular weight excluding hydrogens is 170 g/mol. The highest BCUT2D eigenvalue weighted by molar-refractivity contribution is 5.85. The lowest BCUT2D eigenvalue weighted by Crippen LogP contribution is -1.85. The fourth-order valence-corrected chi connectivity index (χ4v) is 1.85. The molecule has 1 aromatic carbocycles. The first kappa shape index (κ1) is 9.32. The SMILES string of the molecule is Cc1[nH]c2cc(C(C)C)ccc2c1C. The van der Waals surface area contributed by atoms with Gasteiger partial charge in [0.15, 0.2) is 0 Å². The molecular formula is C13H17N. The van der Waals surface area contributed by atoms with Gasteiger partial charge in [-0.05, 0) is 37.0 Å². The summed E-state index contributed by atoms with van der Waals surface area (Å²) in [6.45, 7) is 8.75. The van der Waals surface area contributed by atoms with Crippen molar-refractivity contribution < 1.29 is 0 Å². The Kier molecular flexibility index (Phi) is 2.10. The maximum Gasteiger partial charge on any atom is 0.0461 e. The van der Waals surface area contributed by atoms with Gasteiger partial charge in [-0.15, -0.1) is 0 Å². The van der Waals surface area contributed by atoms with Gasteiger partial charge in [0.2, 0.25) is 0 Å². The van der Waals surface area contributed by atoms with Crippen LogP contribution in [0.5, 0.6) is 0 Å². The quantitative estimate of drug-likeness (QED) is 0.696. The maximum atomic E-state index is 3.42. The standard InChI is InChI=1S/C13H17N/c1-8(2)11-5-6-12-9(3)10(4)14-13(12)7-11/h5-8,14H,1-4H3. The molecule has 0 saturated heterocycles. The van der Waals surface area contributed by atoms with Gasteiger partial charge in [0.05, 0.1) is 0 Å². The molecule has 1 aromatic heterocycles. The van der Waals surface area contributed by atoms with Gasteiger partial charge in [0.25, 0.3) is 0 Å². The fraction of sp³-hybridized carbons (Fsp3) is 0.385. The number of H-pyrrole nitrogens is 1. The Morgan fingerprint density at radius 1 is 1.14 bits per heavy atom. The first-order valence-corrected chi connectivity index (χ1v) is 5.18. The van der Waals surface area contributed by atoms with E-state index in [-0.39, 0.29) is 0 Å². The summed E-state index contributed by atoms with van der Waals surface area (Å²) in [5.41, 5.74) is 5.32. The molecule has 0 aliphatic rings. The zero-order valence-electron chi connectivity index (χ0n) is 9.31. The summed E-state index contributed by atoms with van der Waals surface area (Å²) in [6.07, 6.45) is 0. The van der Waals surface area contributed by atoms with Gasteiger partial charge < -0.3 is 4.98 Å². The molecule has 1 N–H and O–H groups in total. The molecule has 1 nitrogen and oxygen atoms in total. The monoisotopic (exact) mass is 187 g/mol. The summed E-state index contributed by atoms with van der Waals surface area (Å²) in [7, 11) is 0. The predicted molar refractivity (Wildman–Crippen MR) is 61.9 cm³/mol. The molecule has 0 amide bonds. The third-order valence-corrected chi connectivity index (χ3v) is 3.00. The van der Waals surface area contributed by atoms with Crippen molar-refractivity contribution in [3.05, 3.63) is 35.0 Å². The van der Waals surface area contributed by atoms with Gasteiger partial charge >= 0.3 is 0 Å². The van der Waals surface area contributed by atoms with Gasteiger partial charge in [-0.25, -0.2) is 0 Å². The van der Waals surface area contributed by atoms with Crippen LogP contribution in [0.15, 0.2) is 18.2 Å². The number of nitrogens with one attached hydrogen (secondary N) is 1. The van der Waals surface area contributed by atoms with E-state index in [0.29, 0.717) is 5.92 Å². The topological polar surface area (TPSA) is 15.8 Å². The Balaban J connectivity index is 2.67. The first-order valence-electron chi connectivity index (χ1n) is 5.18. The molecule has 1 heteroatoms. The molecule has 2 rings (SSSR count). The summed E-state index contributed by atoms with van der Waals surface area (Å²) < 4.78 is 0. The molecule has 1 heterocycles. The highest BCUT2D eigenvalue weighted by Gasteiger charge is 2.05. The van der Waals surface area contributed by atoms with Crippen molar-refractivity contribution in [1.82, 2.24) is 4.98 Å². The van der Waals surface area contributed by atoms with E-state index < -0.39 is 0 Å². The predicted octanol–water partition coefficient (Wildman–Crippen LogP) is 3.91. The second-order valence-electron chi connectivity index (χ2n) is 4.33. The fourth-order valence-electron chi connectivity index (χ4n) is 1.85. The number of benzene rings is 1.